The van der Waals surface area contributed by atoms with Crippen LogP contribution in [0.15, 0.2) is 30.6 Å². The summed E-state index contributed by atoms with van der Waals surface area (Å²) in [5.74, 6) is 1.32. The van der Waals surface area contributed by atoms with Gasteiger partial charge in [0.25, 0.3) is 0 Å². The Bertz CT molecular complexity index is 419. The molecule has 4 heteroatoms. The maximum absolute atomic E-state index is 5.51. The lowest BCUT2D eigenvalue weighted by molar-refractivity contribution is 0.842. The lowest BCUT2D eigenvalue weighted by atomic mass is 10.3. The molecule has 0 bridgehead atoms. The number of aromatic nitrogens is 3. The number of pyridine rings is 1. The standard InChI is InChI=1S/C9H10N4/c1-7-3-2-5-11-9(7)13-6-4-8(10)12-13/h2-6H,1H3,(H2,10,12). The summed E-state index contributed by atoms with van der Waals surface area (Å²) in [4.78, 5) is 4.21. The van der Waals surface area contributed by atoms with Crippen molar-refractivity contribution in [2.75, 3.05) is 5.73 Å². The molecular weight excluding hydrogens is 164 g/mol. The SMILES string of the molecule is Cc1cccnc1-n1ccc(N)n1. The number of nitrogens with zero attached hydrogens (tertiary/aromatic N) is 3. The van der Waals surface area contributed by atoms with Gasteiger partial charge in [-0.05, 0) is 18.6 Å². The summed E-state index contributed by atoms with van der Waals surface area (Å²) in [6.45, 7) is 1.99. The molecule has 0 aliphatic carbocycles. The third-order valence-electron chi connectivity index (χ3n) is 1.81. The highest BCUT2D eigenvalue weighted by Gasteiger charge is 2.01. The van der Waals surface area contributed by atoms with E-state index in [1.54, 1.807) is 23.1 Å². The van der Waals surface area contributed by atoms with Crippen LogP contribution >= 0.6 is 0 Å². The van der Waals surface area contributed by atoms with E-state index in [9.17, 15) is 0 Å². The Hall–Kier alpha value is -1.84. The maximum Gasteiger partial charge on any atom is 0.156 e. The van der Waals surface area contributed by atoms with Crippen molar-refractivity contribution in [3.63, 3.8) is 0 Å². The number of aryl methyl sites for hydroxylation is 1. The third-order valence-corrected chi connectivity index (χ3v) is 1.81. The van der Waals surface area contributed by atoms with Crippen LogP contribution in [0.5, 0.6) is 0 Å². The first-order valence-electron chi connectivity index (χ1n) is 4.00. The van der Waals surface area contributed by atoms with Crippen LogP contribution in [-0.2, 0) is 0 Å². The highest BCUT2D eigenvalue weighted by atomic mass is 15.3. The zero-order valence-corrected chi connectivity index (χ0v) is 7.31. The zero-order chi connectivity index (χ0) is 9.26. The van der Waals surface area contributed by atoms with E-state index in [-0.39, 0.29) is 0 Å². The Balaban J connectivity index is 2.52. The predicted octanol–water partition coefficient (Wildman–Crippen LogP) is 1.16. The van der Waals surface area contributed by atoms with Crippen LogP contribution in [0.25, 0.3) is 5.82 Å². The number of nitrogen functional groups attached to an aromatic ring is 1. The van der Waals surface area contributed by atoms with Gasteiger partial charge < -0.3 is 5.73 Å². The summed E-state index contributed by atoms with van der Waals surface area (Å²) in [5.41, 5.74) is 6.58. The normalized spacial score (nSPS) is 10.2. The molecule has 0 saturated carbocycles. The van der Waals surface area contributed by atoms with Gasteiger partial charge in [0.2, 0.25) is 0 Å². The minimum Gasteiger partial charge on any atom is -0.382 e. The molecule has 0 atom stereocenters. The molecule has 0 aliphatic heterocycles. The Morgan fingerprint density at radius 1 is 1.38 bits per heavy atom. The van der Waals surface area contributed by atoms with E-state index in [4.69, 9.17) is 5.73 Å². The fourth-order valence-electron chi connectivity index (χ4n) is 1.17. The maximum atomic E-state index is 5.51. The van der Waals surface area contributed by atoms with Crippen molar-refractivity contribution in [2.45, 2.75) is 6.92 Å². The molecular formula is C9H10N4. The van der Waals surface area contributed by atoms with Crippen molar-refractivity contribution >= 4 is 5.82 Å². The van der Waals surface area contributed by atoms with E-state index >= 15 is 0 Å². The van der Waals surface area contributed by atoms with Crippen molar-refractivity contribution in [1.82, 2.24) is 14.8 Å². The second-order valence-electron chi connectivity index (χ2n) is 2.83. The van der Waals surface area contributed by atoms with E-state index in [0.717, 1.165) is 11.4 Å². The fourth-order valence-corrected chi connectivity index (χ4v) is 1.17. The molecule has 2 rings (SSSR count). The van der Waals surface area contributed by atoms with E-state index in [1.165, 1.54) is 0 Å². The topological polar surface area (TPSA) is 56.7 Å². The van der Waals surface area contributed by atoms with Crippen LogP contribution in [0.3, 0.4) is 0 Å². The van der Waals surface area contributed by atoms with Crippen molar-refractivity contribution in [2.24, 2.45) is 0 Å². The summed E-state index contributed by atoms with van der Waals surface area (Å²) in [7, 11) is 0. The quantitative estimate of drug-likeness (QED) is 0.705. The van der Waals surface area contributed by atoms with Gasteiger partial charge in [0.15, 0.2) is 5.82 Å². The Labute approximate surface area is 76.0 Å². The molecule has 2 N–H and O–H groups in total. The molecule has 0 aliphatic rings. The summed E-state index contributed by atoms with van der Waals surface area (Å²) < 4.78 is 1.67. The molecule has 2 aromatic rings. The van der Waals surface area contributed by atoms with Crippen molar-refractivity contribution in [3.8, 4) is 5.82 Å². The molecule has 0 aromatic carbocycles. The number of rotatable bonds is 1. The zero-order valence-electron chi connectivity index (χ0n) is 7.31. The molecule has 4 nitrogen and oxygen atoms in total. The van der Waals surface area contributed by atoms with Crippen LogP contribution in [-0.4, -0.2) is 14.8 Å². The van der Waals surface area contributed by atoms with Gasteiger partial charge in [-0.3, -0.25) is 0 Å². The molecule has 13 heavy (non-hydrogen) atoms. The van der Waals surface area contributed by atoms with Crippen LogP contribution in [0, 0.1) is 6.92 Å². The number of hydrogen-bond donors (Lipinski definition) is 1. The lowest BCUT2D eigenvalue weighted by Crippen LogP contribution is -2.01. The second-order valence-corrected chi connectivity index (χ2v) is 2.83. The van der Waals surface area contributed by atoms with E-state index in [1.807, 2.05) is 19.1 Å². The van der Waals surface area contributed by atoms with Crippen molar-refractivity contribution in [3.05, 3.63) is 36.2 Å². The van der Waals surface area contributed by atoms with Gasteiger partial charge in [-0.2, -0.15) is 0 Å². The van der Waals surface area contributed by atoms with Crippen molar-refractivity contribution < 1.29 is 0 Å². The molecule has 0 amide bonds. The van der Waals surface area contributed by atoms with Gasteiger partial charge in [0.1, 0.15) is 5.82 Å². The minimum absolute atomic E-state index is 0.505. The van der Waals surface area contributed by atoms with Gasteiger partial charge in [-0.25, -0.2) is 9.67 Å². The molecule has 0 spiro atoms. The molecule has 0 radical (unpaired) electrons. The summed E-state index contributed by atoms with van der Waals surface area (Å²) in [5, 5.41) is 4.07. The van der Waals surface area contributed by atoms with Gasteiger partial charge in [0, 0.05) is 18.5 Å². The van der Waals surface area contributed by atoms with Gasteiger partial charge >= 0.3 is 0 Å². The van der Waals surface area contributed by atoms with Crippen LogP contribution in [0.4, 0.5) is 5.82 Å². The second kappa shape index (κ2) is 2.90. The highest BCUT2D eigenvalue weighted by molar-refractivity contribution is 5.34. The molecule has 66 valence electrons. The molecule has 2 heterocycles. The predicted molar refractivity (Wildman–Crippen MR) is 50.5 cm³/mol. The van der Waals surface area contributed by atoms with Gasteiger partial charge in [-0.15, -0.1) is 5.10 Å². The largest absolute Gasteiger partial charge is 0.382 e. The van der Waals surface area contributed by atoms with Crippen LogP contribution < -0.4 is 5.73 Å². The minimum atomic E-state index is 0.505. The van der Waals surface area contributed by atoms with E-state index < -0.39 is 0 Å². The summed E-state index contributed by atoms with van der Waals surface area (Å²) in [6, 6.07) is 5.63. The number of anilines is 1. The van der Waals surface area contributed by atoms with Crippen LogP contribution in [0.2, 0.25) is 0 Å². The first-order chi connectivity index (χ1) is 6.27. The number of nitrogens with two attached hydrogens (primary N) is 1. The van der Waals surface area contributed by atoms with Crippen molar-refractivity contribution in [1.29, 1.82) is 0 Å². The third kappa shape index (κ3) is 1.38. The van der Waals surface area contributed by atoms with Gasteiger partial charge in [-0.1, -0.05) is 6.07 Å². The summed E-state index contributed by atoms with van der Waals surface area (Å²) in [6.07, 6.45) is 3.53. The Morgan fingerprint density at radius 3 is 2.85 bits per heavy atom. The average molecular weight is 174 g/mol. The fraction of sp³-hybridized carbons (Fsp3) is 0.111. The molecule has 0 fully saturated rings. The Morgan fingerprint density at radius 2 is 2.23 bits per heavy atom. The van der Waals surface area contributed by atoms with E-state index in [0.29, 0.717) is 5.82 Å². The molecule has 2 aromatic heterocycles. The first kappa shape index (κ1) is 7.79. The van der Waals surface area contributed by atoms with E-state index in [2.05, 4.69) is 10.1 Å². The van der Waals surface area contributed by atoms with Crippen LogP contribution in [0.1, 0.15) is 5.56 Å². The lowest BCUT2D eigenvalue weighted by Gasteiger charge is -2.02. The highest BCUT2D eigenvalue weighted by Crippen LogP contribution is 2.09. The summed E-state index contributed by atoms with van der Waals surface area (Å²) >= 11 is 0. The molecule has 0 unspecified atom stereocenters. The molecule has 0 saturated heterocycles. The first-order valence-corrected chi connectivity index (χ1v) is 4.00. The smallest absolute Gasteiger partial charge is 0.156 e. The number of hydrogen-bond acceptors (Lipinski definition) is 3. The monoisotopic (exact) mass is 174 g/mol. The average Bonchev–Trinajstić information content (AvgIpc) is 2.53. The van der Waals surface area contributed by atoms with Gasteiger partial charge in [0.05, 0.1) is 0 Å². The Kier molecular flexibility index (Phi) is 1.73.